The smallest absolute Gasteiger partial charge is 0.274 e. The molecule has 7 nitrogen and oxygen atoms in total. The first kappa shape index (κ1) is 19.9. The summed E-state index contributed by atoms with van der Waals surface area (Å²) in [5, 5.41) is 11.5. The maximum absolute atomic E-state index is 12.7. The summed E-state index contributed by atoms with van der Waals surface area (Å²) in [6.45, 7) is 0.216. The molecule has 0 saturated heterocycles. The van der Waals surface area contributed by atoms with Gasteiger partial charge in [-0.1, -0.05) is 24.3 Å². The molecule has 0 bridgehead atoms. The molecule has 0 unspecified atom stereocenters. The van der Waals surface area contributed by atoms with Crippen molar-refractivity contribution in [2.45, 2.75) is 6.61 Å². The largest absolute Gasteiger partial charge is 0.497 e. The van der Waals surface area contributed by atoms with Gasteiger partial charge in [-0.25, -0.2) is 5.48 Å². The first-order valence-corrected chi connectivity index (χ1v) is 8.81. The summed E-state index contributed by atoms with van der Waals surface area (Å²) in [5.41, 5.74) is 3.77. The standard InChI is InChI=1S/C22H20N2O5/c1-28-18-12-10-17(11-13-18)23-22(26)19-4-2-3-5-20(19)29-14-15-6-8-16(9-7-15)21(25)24-27/h2-13,27H,14H2,1H3,(H,23,26)(H,24,25). The number of nitrogens with one attached hydrogen (secondary N) is 2. The minimum Gasteiger partial charge on any atom is -0.497 e. The van der Waals surface area contributed by atoms with Crippen molar-refractivity contribution in [3.05, 3.63) is 89.5 Å². The number of carbonyl (C=O) groups excluding carboxylic acids is 2. The van der Waals surface area contributed by atoms with Gasteiger partial charge in [0.15, 0.2) is 0 Å². The lowest BCUT2D eigenvalue weighted by molar-refractivity contribution is 0.0706. The van der Waals surface area contributed by atoms with Crippen molar-refractivity contribution in [3.63, 3.8) is 0 Å². The summed E-state index contributed by atoms with van der Waals surface area (Å²) in [7, 11) is 1.58. The van der Waals surface area contributed by atoms with Crippen molar-refractivity contribution in [3.8, 4) is 11.5 Å². The molecule has 0 fully saturated rings. The summed E-state index contributed by atoms with van der Waals surface area (Å²) < 4.78 is 10.9. The van der Waals surface area contributed by atoms with Crippen molar-refractivity contribution < 1.29 is 24.3 Å². The third-order valence-corrected chi connectivity index (χ3v) is 4.19. The molecule has 3 rings (SSSR count). The Morgan fingerprint density at radius 3 is 2.24 bits per heavy atom. The van der Waals surface area contributed by atoms with Gasteiger partial charge in [0.25, 0.3) is 11.8 Å². The lowest BCUT2D eigenvalue weighted by Crippen LogP contribution is -2.18. The number of rotatable bonds is 7. The summed E-state index contributed by atoms with van der Waals surface area (Å²) in [6.07, 6.45) is 0. The molecule has 0 aliphatic rings. The number of benzene rings is 3. The topological polar surface area (TPSA) is 96.9 Å². The highest BCUT2D eigenvalue weighted by molar-refractivity contribution is 6.06. The average Bonchev–Trinajstić information content (AvgIpc) is 2.78. The van der Waals surface area contributed by atoms with Crippen LogP contribution in [0.3, 0.4) is 0 Å². The fraction of sp³-hybridized carbons (Fsp3) is 0.0909. The quantitative estimate of drug-likeness (QED) is 0.421. The van der Waals surface area contributed by atoms with Gasteiger partial charge in [-0.15, -0.1) is 0 Å². The molecular formula is C22H20N2O5. The van der Waals surface area contributed by atoms with Gasteiger partial charge in [0.2, 0.25) is 0 Å². The van der Waals surface area contributed by atoms with E-state index >= 15 is 0 Å². The van der Waals surface area contributed by atoms with Gasteiger partial charge in [0, 0.05) is 11.3 Å². The highest BCUT2D eigenvalue weighted by atomic mass is 16.5. The highest BCUT2D eigenvalue weighted by Crippen LogP contribution is 2.22. The maximum Gasteiger partial charge on any atom is 0.274 e. The lowest BCUT2D eigenvalue weighted by Gasteiger charge is -2.12. The number of hydrogen-bond acceptors (Lipinski definition) is 5. The Morgan fingerprint density at radius 2 is 1.59 bits per heavy atom. The van der Waals surface area contributed by atoms with E-state index in [9.17, 15) is 9.59 Å². The Balaban J connectivity index is 1.68. The van der Waals surface area contributed by atoms with Crippen LogP contribution in [0.4, 0.5) is 5.69 Å². The molecule has 0 aliphatic carbocycles. The summed E-state index contributed by atoms with van der Waals surface area (Å²) in [6, 6.07) is 20.6. The number of ether oxygens (including phenoxy) is 2. The van der Waals surface area contributed by atoms with E-state index in [1.54, 1.807) is 85.4 Å². The second kappa shape index (κ2) is 9.38. The Labute approximate surface area is 167 Å². The van der Waals surface area contributed by atoms with E-state index in [0.717, 1.165) is 5.56 Å². The molecule has 0 saturated carbocycles. The van der Waals surface area contributed by atoms with Gasteiger partial charge in [-0.2, -0.15) is 0 Å². The van der Waals surface area contributed by atoms with Crippen LogP contribution in [-0.4, -0.2) is 24.1 Å². The number of carbonyl (C=O) groups is 2. The van der Waals surface area contributed by atoms with Crippen LogP contribution >= 0.6 is 0 Å². The normalized spacial score (nSPS) is 10.1. The Kier molecular flexibility index (Phi) is 6.44. The van der Waals surface area contributed by atoms with Gasteiger partial charge >= 0.3 is 0 Å². The van der Waals surface area contributed by atoms with Crippen LogP contribution in [-0.2, 0) is 6.61 Å². The molecule has 3 N–H and O–H groups in total. The first-order valence-electron chi connectivity index (χ1n) is 8.81. The fourth-order valence-corrected chi connectivity index (χ4v) is 2.63. The van der Waals surface area contributed by atoms with Crippen molar-refractivity contribution >= 4 is 17.5 Å². The molecule has 2 amide bonds. The molecule has 3 aromatic rings. The number of anilines is 1. The summed E-state index contributed by atoms with van der Waals surface area (Å²) in [5.74, 6) is 0.267. The number of para-hydroxylation sites is 1. The van der Waals surface area contributed by atoms with E-state index in [1.807, 2.05) is 0 Å². The molecule has 0 spiro atoms. The molecule has 0 aromatic heterocycles. The van der Waals surface area contributed by atoms with Gasteiger partial charge in [-0.05, 0) is 54.1 Å². The Morgan fingerprint density at radius 1 is 0.897 bits per heavy atom. The molecule has 0 aliphatic heterocycles. The minimum atomic E-state index is -0.585. The van der Waals surface area contributed by atoms with Crippen LogP contribution < -0.4 is 20.3 Å². The second-order valence-electron chi connectivity index (χ2n) is 6.11. The first-order chi connectivity index (χ1) is 14.1. The predicted molar refractivity (Wildman–Crippen MR) is 107 cm³/mol. The third kappa shape index (κ3) is 5.12. The van der Waals surface area contributed by atoms with E-state index in [-0.39, 0.29) is 12.5 Å². The number of hydrogen-bond donors (Lipinski definition) is 3. The lowest BCUT2D eigenvalue weighted by atomic mass is 10.1. The van der Waals surface area contributed by atoms with E-state index < -0.39 is 5.91 Å². The summed E-state index contributed by atoms with van der Waals surface area (Å²) >= 11 is 0. The zero-order chi connectivity index (χ0) is 20.6. The van der Waals surface area contributed by atoms with Gasteiger partial charge in [-0.3, -0.25) is 14.8 Å². The number of amides is 2. The zero-order valence-electron chi connectivity index (χ0n) is 15.7. The van der Waals surface area contributed by atoms with Crippen LogP contribution in [0, 0.1) is 0 Å². The SMILES string of the molecule is COc1ccc(NC(=O)c2ccccc2OCc2ccc(C(=O)NO)cc2)cc1. The van der Waals surface area contributed by atoms with Gasteiger partial charge < -0.3 is 14.8 Å². The molecule has 7 heteroatoms. The third-order valence-electron chi connectivity index (χ3n) is 4.19. The van der Waals surface area contributed by atoms with Crippen LogP contribution in [0.5, 0.6) is 11.5 Å². The van der Waals surface area contributed by atoms with Crippen LogP contribution in [0.2, 0.25) is 0 Å². The highest BCUT2D eigenvalue weighted by Gasteiger charge is 2.13. The molecule has 148 valence electrons. The molecule has 0 radical (unpaired) electrons. The number of methoxy groups -OCH3 is 1. The van der Waals surface area contributed by atoms with E-state index in [0.29, 0.717) is 28.3 Å². The van der Waals surface area contributed by atoms with E-state index in [1.165, 1.54) is 0 Å². The minimum absolute atomic E-state index is 0.216. The molecular weight excluding hydrogens is 372 g/mol. The molecule has 0 heterocycles. The Bertz CT molecular complexity index is 985. The van der Waals surface area contributed by atoms with E-state index in [4.69, 9.17) is 14.7 Å². The van der Waals surface area contributed by atoms with E-state index in [2.05, 4.69) is 5.32 Å². The van der Waals surface area contributed by atoms with Crippen molar-refractivity contribution in [1.29, 1.82) is 0 Å². The van der Waals surface area contributed by atoms with Crippen LogP contribution in [0.25, 0.3) is 0 Å². The molecule has 29 heavy (non-hydrogen) atoms. The predicted octanol–water partition coefficient (Wildman–Crippen LogP) is 3.65. The second-order valence-corrected chi connectivity index (χ2v) is 6.11. The monoisotopic (exact) mass is 392 g/mol. The summed E-state index contributed by atoms with van der Waals surface area (Å²) in [4.78, 5) is 24.0. The average molecular weight is 392 g/mol. The van der Waals surface area contributed by atoms with Gasteiger partial charge in [0.1, 0.15) is 18.1 Å². The zero-order valence-corrected chi connectivity index (χ0v) is 15.7. The van der Waals surface area contributed by atoms with Crippen LogP contribution in [0.1, 0.15) is 26.3 Å². The Hall–Kier alpha value is -3.84. The molecule has 0 atom stereocenters. The van der Waals surface area contributed by atoms with Crippen molar-refractivity contribution in [2.24, 2.45) is 0 Å². The number of hydroxylamine groups is 1. The fourth-order valence-electron chi connectivity index (χ4n) is 2.63. The maximum atomic E-state index is 12.7. The van der Waals surface area contributed by atoms with Crippen LogP contribution in [0.15, 0.2) is 72.8 Å². The van der Waals surface area contributed by atoms with Crippen molar-refractivity contribution in [1.82, 2.24) is 5.48 Å². The molecule has 3 aromatic carbocycles. The van der Waals surface area contributed by atoms with Crippen molar-refractivity contribution in [2.75, 3.05) is 12.4 Å². The van der Waals surface area contributed by atoms with Gasteiger partial charge in [0.05, 0.1) is 12.7 Å².